The van der Waals surface area contributed by atoms with Crippen molar-refractivity contribution in [3.05, 3.63) is 16.6 Å². The van der Waals surface area contributed by atoms with E-state index in [1.165, 1.54) is 37.8 Å². The first-order valence-electron chi connectivity index (χ1n) is 7.47. The molecule has 3 fully saturated rings. The summed E-state index contributed by atoms with van der Waals surface area (Å²) in [6, 6.07) is 1.20. The third-order valence-corrected chi connectivity index (χ3v) is 6.39. The lowest BCUT2D eigenvalue weighted by atomic mass is 9.79. The molecule has 2 nitrogen and oxygen atoms in total. The van der Waals surface area contributed by atoms with E-state index in [4.69, 9.17) is 0 Å². The molecule has 1 aromatic heterocycles. The molecule has 0 saturated heterocycles. The fourth-order valence-electron chi connectivity index (χ4n) is 5.10. The van der Waals surface area contributed by atoms with E-state index < -0.39 is 0 Å². The van der Waals surface area contributed by atoms with Gasteiger partial charge in [-0.2, -0.15) is 0 Å². The summed E-state index contributed by atoms with van der Waals surface area (Å²) in [5.41, 5.74) is 3.17. The summed E-state index contributed by atoms with van der Waals surface area (Å²) >= 11 is 1.71. The second-order valence-electron chi connectivity index (χ2n) is 6.56. The third kappa shape index (κ3) is 1.67. The Morgan fingerprint density at radius 3 is 3.00 bits per heavy atom. The van der Waals surface area contributed by atoms with Crippen LogP contribution >= 0.6 is 11.3 Å². The fourth-order valence-corrected chi connectivity index (χ4v) is 5.75. The first-order chi connectivity index (χ1) is 8.83. The van der Waals surface area contributed by atoms with Gasteiger partial charge in [0.2, 0.25) is 0 Å². The lowest BCUT2D eigenvalue weighted by Gasteiger charge is -2.33. The third-order valence-electron chi connectivity index (χ3n) is 5.79. The second kappa shape index (κ2) is 4.31. The molecule has 3 aliphatic carbocycles. The van der Waals surface area contributed by atoms with E-state index in [0.717, 1.165) is 29.7 Å². The molecule has 3 heteroatoms. The molecule has 3 saturated carbocycles. The number of fused-ring (bicyclic) bond motifs is 5. The first-order valence-corrected chi connectivity index (χ1v) is 8.41. The van der Waals surface area contributed by atoms with Gasteiger partial charge in [0.15, 0.2) is 0 Å². The zero-order chi connectivity index (χ0) is 12.1. The number of hydrogen-bond acceptors (Lipinski definition) is 3. The van der Waals surface area contributed by atoms with Crippen LogP contribution in [0.5, 0.6) is 0 Å². The van der Waals surface area contributed by atoms with Crippen LogP contribution in [0.15, 0.2) is 10.9 Å². The minimum Gasteiger partial charge on any atom is -0.306 e. The molecular formula is C15H22N2S. The van der Waals surface area contributed by atoms with E-state index in [2.05, 4.69) is 22.6 Å². The van der Waals surface area contributed by atoms with Crippen LogP contribution < -0.4 is 5.32 Å². The molecule has 6 unspecified atom stereocenters. The predicted molar refractivity (Wildman–Crippen MR) is 74.5 cm³/mol. The quantitative estimate of drug-likeness (QED) is 0.900. The Balaban J connectivity index is 1.45. The van der Waals surface area contributed by atoms with Crippen molar-refractivity contribution < 1.29 is 0 Å². The van der Waals surface area contributed by atoms with Gasteiger partial charge >= 0.3 is 0 Å². The summed E-state index contributed by atoms with van der Waals surface area (Å²) in [5, 5.41) is 6.05. The zero-order valence-corrected chi connectivity index (χ0v) is 11.8. The van der Waals surface area contributed by atoms with E-state index >= 15 is 0 Å². The maximum Gasteiger partial charge on any atom is 0.0795 e. The highest BCUT2D eigenvalue weighted by atomic mass is 32.1. The van der Waals surface area contributed by atoms with Crippen molar-refractivity contribution in [2.75, 3.05) is 0 Å². The van der Waals surface area contributed by atoms with E-state index in [1.807, 2.05) is 5.51 Å². The van der Waals surface area contributed by atoms with Crippen molar-refractivity contribution in [3.63, 3.8) is 0 Å². The summed E-state index contributed by atoms with van der Waals surface area (Å²) in [6.45, 7) is 2.27. The molecule has 1 aromatic rings. The van der Waals surface area contributed by atoms with E-state index in [1.54, 1.807) is 11.3 Å². The smallest absolute Gasteiger partial charge is 0.0795 e. The molecule has 1 heterocycles. The maximum absolute atomic E-state index is 4.44. The van der Waals surface area contributed by atoms with Crippen LogP contribution in [0, 0.1) is 23.7 Å². The number of thiazole rings is 1. The highest BCUT2D eigenvalue weighted by Crippen LogP contribution is 2.58. The van der Waals surface area contributed by atoms with Gasteiger partial charge in [-0.15, -0.1) is 11.3 Å². The standard InChI is InChI=1S/C15H22N2S/c1-9(15-7-18-8-16-15)17-14-6-10-5-13(14)12-4-2-3-11(10)12/h7-14,17H,2-6H2,1H3. The molecule has 6 atom stereocenters. The van der Waals surface area contributed by atoms with E-state index in [9.17, 15) is 0 Å². The normalized spacial score (nSPS) is 43.3. The Hall–Kier alpha value is -0.410. The van der Waals surface area contributed by atoms with Gasteiger partial charge in [-0.3, -0.25) is 0 Å². The van der Waals surface area contributed by atoms with Crippen molar-refractivity contribution in [3.8, 4) is 0 Å². The van der Waals surface area contributed by atoms with E-state index in [-0.39, 0.29) is 0 Å². The monoisotopic (exact) mass is 262 g/mol. The number of nitrogens with one attached hydrogen (secondary N) is 1. The Morgan fingerprint density at radius 2 is 2.17 bits per heavy atom. The second-order valence-corrected chi connectivity index (χ2v) is 7.28. The van der Waals surface area contributed by atoms with Gasteiger partial charge in [0.05, 0.1) is 11.2 Å². The minimum atomic E-state index is 0.431. The topological polar surface area (TPSA) is 24.9 Å². The Labute approximate surface area is 113 Å². The Bertz CT molecular complexity index is 416. The fraction of sp³-hybridized carbons (Fsp3) is 0.800. The maximum atomic E-state index is 4.44. The molecule has 4 rings (SSSR count). The number of rotatable bonds is 3. The number of nitrogens with zero attached hydrogens (tertiary/aromatic N) is 1. The lowest BCUT2D eigenvalue weighted by molar-refractivity contribution is 0.199. The molecule has 98 valence electrons. The molecule has 2 bridgehead atoms. The highest BCUT2D eigenvalue weighted by molar-refractivity contribution is 7.07. The van der Waals surface area contributed by atoms with Crippen LogP contribution in [0.2, 0.25) is 0 Å². The van der Waals surface area contributed by atoms with Gasteiger partial charge in [0.1, 0.15) is 0 Å². The van der Waals surface area contributed by atoms with Crippen LogP contribution in [0.3, 0.4) is 0 Å². The van der Waals surface area contributed by atoms with Gasteiger partial charge in [-0.25, -0.2) is 4.98 Å². The summed E-state index contributed by atoms with van der Waals surface area (Å²) in [4.78, 5) is 4.44. The molecule has 1 N–H and O–H groups in total. The molecule has 0 spiro atoms. The molecule has 0 radical (unpaired) electrons. The summed E-state index contributed by atoms with van der Waals surface area (Å²) in [7, 11) is 0. The highest BCUT2D eigenvalue weighted by Gasteiger charge is 2.53. The summed E-state index contributed by atoms with van der Waals surface area (Å²) < 4.78 is 0. The van der Waals surface area contributed by atoms with Crippen LogP contribution in [0.4, 0.5) is 0 Å². The average molecular weight is 262 g/mol. The lowest BCUT2D eigenvalue weighted by Crippen LogP contribution is -2.40. The first kappa shape index (κ1) is 11.4. The minimum absolute atomic E-state index is 0.431. The molecule has 18 heavy (non-hydrogen) atoms. The SMILES string of the molecule is CC(NC1CC2CC1C1CCCC21)c1cscn1. The van der Waals surface area contributed by atoms with Crippen LogP contribution in [-0.4, -0.2) is 11.0 Å². The van der Waals surface area contributed by atoms with Crippen molar-refractivity contribution in [2.24, 2.45) is 23.7 Å². The van der Waals surface area contributed by atoms with Gasteiger partial charge in [0, 0.05) is 17.5 Å². The van der Waals surface area contributed by atoms with Gasteiger partial charge in [-0.05, 0) is 56.3 Å². The molecule has 0 aromatic carbocycles. The van der Waals surface area contributed by atoms with Gasteiger partial charge in [-0.1, -0.05) is 6.42 Å². The van der Waals surface area contributed by atoms with Crippen LogP contribution in [0.25, 0.3) is 0 Å². The molecular weight excluding hydrogens is 240 g/mol. The average Bonchev–Trinajstić information content (AvgIpc) is 3.11. The predicted octanol–water partition coefficient (Wildman–Crippen LogP) is 3.62. The van der Waals surface area contributed by atoms with Crippen molar-refractivity contribution >= 4 is 11.3 Å². The van der Waals surface area contributed by atoms with E-state index in [0.29, 0.717) is 6.04 Å². The van der Waals surface area contributed by atoms with Crippen LogP contribution in [-0.2, 0) is 0 Å². The van der Waals surface area contributed by atoms with Crippen molar-refractivity contribution in [1.29, 1.82) is 0 Å². The van der Waals surface area contributed by atoms with Gasteiger partial charge in [0.25, 0.3) is 0 Å². The largest absolute Gasteiger partial charge is 0.306 e. The number of hydrogen-bond donors (Lipinski definition) is 1. The molecule has 3 aliphatic rings. The Kier molecular flexibility index (Phi) is 2.73. The zero-order valence-electron chi connectivity index (χ0n) is 11.0. The van der Waals surface area contributed by atoms with Crippen molar-refractivity contribution in [2.45, 2.75) is 51.1 Å². The van der Waals surface area contributed by atoms with Crippen molar-refractivity contribution in [1.82, 2.24) is 10.3 Å². The Morgan fingerprint density at radius 1 is 1.28 bits per heavy atom. The summed E-state index contributed by atoms with van der Waals surface area (Å²) in [6.07, 6.45) is 7.48. The molecule has 0 amide bonds. The molecule has 0 aliphatic heterocycles. The van der Waals surface area contributed by atoms with Crippen LogP contribution in [0.1, 0.15) is 50.8 Å². The number of aromatic nitrogens is 1. The summed E-state index contributed by atoms with van der Waals surface area (Å²) in [5.74, 6) is 4.18. The van der Waals surface area contributed by atoms with Gasteiger partial charge < -0.3 is 5.32 Å².